The molecule has 0 aliphatic heterocycles. The number of carbonyl (C=O) groups is 2. The van der Waals surface area contributed by atoms with Crippen LogP contribution in [0, 0.1) is 0 Å². The smallest absolute Gasteiger partial charge is 0.338 e. The SMILES string of the molecule is O=C(Nc1sccc1C(=O)O)c1cc(Br)cnc1Cl. The Hall–Kier alpha value is -1.44. The van der Waals surface area contributed by atoms with E-state index in [-0.39, 0.29) is 21.3 Å². The highest BCUT2D eigenvalue weighted by Gasteiger charge is 2.17. The van der Waals surface area contributed by atoms with Crippen molar-refractivity contribution in [2.45, 2.75) is 0 Å². The molecular weight excluding hydrogens is 356 g/mol. The number of pyridine rings is 1. The lowest BCUT2D eigenvalue weighted by Gasteiger charge is -2.05. The molecular formula is C11H6BrClN2O3S. The summed E-state index contributed by atoms with van der Waals surface area (Å²) in [6.45, 7) is 0. The van der Waals surface area contributed by atoms with Gasteiger partial charge in [-0.25, -0.2) is 9.78 Å². The molecule has 0 spiro atoms. The molecule has 8 heteroatoms. The number of carbonyl (C=O) groups excluding carboxylic acids is 1. The number of carboxylic acid groups (broad SMARTS) is 1. The molecule has 2 aromatic rings. The minimum atomic E-state index is -1.10. The Kier molecular flexibility index (Phi) is 4.18. The van der Waals surface area contributed by atoms with Gasteiger partial charge in [-0.15, -0.1) is 11.3 Å². The van der Waals surface area contributed by atoms with Crippen molar-refractivity contribution in [1.82, 2.24) is 4.98 Å². The van der Waals surface area contributed by atoms with Crippen molar-refractivity contribution in [3.63, 3.8) is 0 Å². The highest BCUT2D eigenvalue weighted by atomic mass is 79.9. The van der Waals surface area contributed by atoms with Gasteiger partial charge < -0.3 is 10.4 Å². The molecule has 0 unspecified atom stereocenters. The van der Waals surface area contributed by atoms with Gasteiger partial charge in [0.25, 0.3) is 5.91 Å². The third-order valence-corrected chi connectivity index (χ3v) is 3.74. The van der Waals surface area contributed by atoms with E-state index in [1.165, 1.54) is 18.3 Å². The molecule has 2 N–H and O–H groups in total. The van der Waals surface area contributed by atoms with Gasteiger partial charge in [-0.3, -0.25) is 4.79 Å². The highest BCUT2D eigenvalue weighted by Crippen LogP contribution is 2.25. The number of carboxylic acids is 1. The topological polar surface area (TPSA) is 79.3 Å². The van der Waals surface area contributed by atoms with E-state index in [1.54, 1.807) is 5.38 Å². The van der Waals surface area contributed by atoms with Crippen LogP contribution in [-0.2, 0) is 0 Å². The maximum Gasteiger partial charge on any atom is 0.338 e. The van der Waals surface area contributed by atoms with Crippen LogP contribution in [0.5, 0.6) is 0 Å². The van der Waals surface area contributed by atoms with Crippen molar-refractivity contribution >= 4 is 55.7 Å². The lowest BCUT2D eigenvalue weighted by Crippen LogP contribution is -2.14. The number of aromatic carboxylic acids is 1. The van der Waals surface area contributed by atoms with Gasteiger partial charge >= 0.3 is 5.97 Å². The molecule has 0 aliphatic carbocycles. The molecule has 0 fully saturated rings. The molecule has 0 radical (unpaired) electrons. The Morgan fingerprint density at radius 3 is 2.84 bits per heavy atom. The van der Waals surface area contributed by atoms with E-state index in [0.29, 0.717) is 4.47 Å². The van der Waals surface area contributed by atoms with E-state index in [2.05, 4.69) is 26.2 Å². The Balaban J connectivity index is 2.28. The monoisotopic (exact) mass is 360 g/mol. The second kappa shape index (κ2) is 5.68. The second-order valence-electron chi connectivity index (χ2n) is 3.41. The third-order valence-electron chi connectivity index (χ3n) is 2.17. The molecule has 2 aromatic heterocycles. The predicted octanol–water partition coefficient (Wildman–Crippen LogP) is 3.51. The second-order valence-corrected chi connectivity index (χ2v) is 5.60. The fraction of sp³-hybridized carbons (Fsp3) is 0. The molecule has 98 valence electrons. The number of anilines is 1. The van der Waals surface area contributed by atoms with Crippen molar-refractivity contribution in [3.05, 3.63) is 44.5 Å². The standard InChI is InChI=1S/C11H6BrClN2O3S/c12-5-3-7(8(13)14-4-5)9(16)15-10-6(11(17)18)1-2-19-10/h1-4H,(H,15,16)(H,17,18). The summed E-state index contributed by atoms with van der Waals surface area (Å²) in [5.74, 6) is -1.61. The van der Waals surface area contributed by atoms with Crippen molar-refractivity contribution in [2.24, 2.45) is 0 Å². The Morgan fingerprint density at radius 1 is 1.42 bits per heavy atom. The minimum Gasteiger partial charge on any atom is -0.478 e. The first-order chi connectivity index (χ1) is 8.99. The summed E-state index contributed by atoms with van der Waals surface area (Å²) >= 11 is 10.1. The van der Waals surface area contributed by atoms with Crippen LogP contribution in [0.4, 0.5) is 5.00 Å². The largest absolute Gasteiger partial charge is 0.478 e. The first kappa shape index (κ1) is 14.0. The number of amides is 1. The molecule has 5 nitrogen and oxygen atoms in total. The molecule has 1 amide bonds. The van der Waals surface area contributed by atoms with Crippen molar-refractivity contribution in [3.8, 4) is 0 Å². The van der Waals surface area contributed by atoms with Crippen molar-refractivity contribution in [1.29, 1.82) is 0 Å². The Labute approximate surface area is 125 Å². The van der Waals surface area contributed by atoms with E-state index in [9.17, 15) is 9.59 Å². The van der Waals surface area contributed by atoms with Crippen LogP contribution < -0.4 is 5.32 Å². The van der Waals surface area contributed by atoms with Crippen LogP contribution >= 0.6 is 38.9 Å². The Bertz CT molecular complexity index is 659. The first-order valence-corrected chi connectivity index (χ1v) is 6.97. The zero-order chi connectivity index (χ0) is 14.0. The quantitative estimate of drug-likeness (QED) is 0.820. The molecule has 0 saturated carbocycles. The summed E-state index contributed by atoms with van der Waals surface area (Å²) in [5, 5.41) is 13.3. The summed E-state index contributed by atoms with van der Waals surface area (Å²) < 4.78 is 0.603. The average molecular weight is 362 g/mol. The van der Waals surface area contributed by atoms with Crippen molar-refractivity contribution < 1.29 is 14.7 Å². The predicted molar refractivity (Wildman–Crippen MR) is 76.2 cm³/mol. The number of nitrogens with zero attached hydrogens (tertiary/aromatic N) is 1. The van der Waals surface area contributed by atoms with E-state index >= 15 is 0 Å². The average Bonchev–Trinajstić information content (AvgIpc) is 2.80. The number of thiophene rings is 1. The number of nitrogens with one attached hydrogen (secondary N) is 1. The van der Waals surface area contributed by atoms with Crippen LogP contribution in [0.15, 0.2) is 28.2 Å². The van der Waals surface area contributed by atoms with Crippen LogP contribution in [0.3, 0.4) is 0 Å². The van der Waals surface area contributed by atoms with Gasteiger partial charge in [0, 0.05) is 10.7 Å². The number of hydrogen-bond acceptors (Lipinski definition) is 4. The molecule has 2 heterocycles. The van der Waals surface area contributed by atoms with Gasteiger partial charge in [-0.1, -0.05) is 11.6 Å². The zero-order valence-electron chi connectivity index (χ0n) is 9.18. The highest BCUT2D eigenvalue weighted by molar-refractivity contribution is 9.10. The number of rotatable bonds is 3. The van der Waals surface area contributed by atoms with Gasteiger partial charge in [0.05, 0.1) is 11.1 Å². The molecule has 0 saturated heterocycles. The summed E-state index contributed by atoms with van der Waals surface area (Å²) in [4.78, 5) is 26.8. The summed E-state index contributed by atoms with van der Waals surface area (Å²) in [5.41, 5.74) is 0.207. The number of hydrogen-bond donors (Lipinski definition) is 2. The molecule has 0 aromatic carbocycles. The molecule has 19 heavy (non-hydrogen) atoms. The van der Waals surface area contributed by atoms with E-state index in [0.717, 1.165) is 11.3 Å². The van der Waals surface area contributed by atoms with Gasteiger partial charge in [0.1, 0.15) is 10.2 Å². The van der Waals surface area contributed by atoms with E-state index in [1.807, 2.05) is 0 Å². The van der Waals surface area contributed by atoms with Crippen LogP contribution in [-0.4, -0.2) is 22.0 Å². The maximum atomic E-state index is 12.0. The van der Waals surface area contributed by atoms with Crippen LogP contribution in [0.25, 0.3) is 0 Å². The minimum absolute atomic E-state index is 0.0393. The van der Waals surface area contributed by atoms with E-state index < -0.39 is 11.9 Å². The lowest BCUT2D eigenvalue weighted by atomic mass is 10.2. The Morgan fingerprint density at radius 2 is 2.16 bits per heavy atom. The van der Waals surface area contributed by atoms with Gasteiger partial charge in [-0.05, 0) is 33.4 Å². The van der Waals surface area contributed by atoms with Crippen molar-refractivity contribution in [2.75, 3.05) is 5.32 Å². The van der Waals surface area contributed by atoms with Gasteiger partial charge in [0.15, 0.2) is 0 Å². The summed E-state index contributed by atoms with van der Waals surface area (Å²) in [7, 11) is 0. The third kappa shape index (κ3) is 3.12. The fourth-order valence-electron chi connectivity index (χ4n) is 1.33. The van der Waals surface area contributed by atoms with Crippen LogP contribution in [0.2, 0.25) is 5.15 Å². The summed E-state index contributed by atoms with van der Waals surface area (Å²) in [6.07, 6.45) is 1.47. The zero-order valence-corrected chi connectivity index (χ0v) is 12.3. The first-order valence-electron chi connectivity index (χ1n) is 4.92. The van der Waals surface area contributed by atoms with Gasteiger partial charge in [-0.2, -0.15) is 0 Å². The molecule has 0 aliphatic rings. The van der Waals surface area contributed by atoms with E-state index in [4.69, 9.17) is 16.7 Å². The normalized spacial score (nSPS) is 10.2. The summed E-state index contributed by atoms with van der Waals surface area (Å²) in [6, 6.07) is 2.93. The molecule has 0 atom stereocenters. The van der Waals surface area contributed by atoms with Gasteiger partial charge in [0.2, 0.25) is 0 Å². The molecule has 2 rings (SSSR count). The number of aromatic nitrogens is 1. The fourth-order valence-corrected chi connectivity index (χ4v) is 2.62. The maximum absolute atomic E-state index is 12.0. The molecule has 0 bridgehead atoms. The van der Waals surface area contributed by atoms with Crippen LogP contribution in [0.1, 0.15) is 20.7 Å². The number of halogens is 2. The lowest BCUT2D eigenvalue weighted by molar-refractivity contribution is 0.0698.